The van der Waals surface area contributed by atoms with Crippen molar-refractivity contribution in [3.8, 4) is 11.5 Å². The number of nitrogens with zero attached hydrogens (tertiary/aromatic N) is 4. The lowest BCUT2D eigenvalue weighted by atomic mass is 10.2. The summed E-state index contributed by atoms with van der Waals surface area (Å²) in [6.45, 7) is 0. The number of benzene rings is 2. The molecule has 0 unspecified atom stereocenters. The molecule has 0 amide bonds. The lowest BCUT2D eigenvalue weighted by molar-refractivity contribution is -0.276. The highest BCUT2D eigenvalue weighted by molar-refractivity contribution is 5.80. The number of anilines is 4. The van der Waals surface area contributed by atoms with Crippen molar-refractivity contribution in [3.05, 3.63) is 53.9 Å². The highest BCUT2D eigenvalue weighted by atomic mass is 19.4. The van der Waals surface area contributed by atoms with Crippen LogP contribution in [0.2, 0.25) is 0 Å². The molecule has 40 heavy (non-hydrogen) atoms. The molecule has 2 aromatic heterocycles. The predicted molar refractivity (Wildman–Crippen MR) is 114 cm³/mol. The quantitative estimate of drug-likeness (QED) is 0.236. The van der Waals surface area contributed by atoms with Crippen LogP contribution in [0.4, 0.5) is 71.3 Å². The number of ether oxygens (including phenoxy) is 2. The van der Waals surface area contributed by atoms with Gasteiger partial charge in [-0.1, -0.05) is 0 Å². The third kappa shape index (κ3) is 6.52. The van der Waals surface area contributed by atoms with Crippen LogP contribution in [0.3, 0.4) is 0 Å². The summed E-state index contributed by atoms with van der Waals surface area (Å²) in [6, 6.07) is 4.10. The van der Waals surface area contributed by atoms with E-state index in [0.29, 0.717) is 28.8 Å². The zero-order valence-corrected chi connectivity index (χ0v) is 19.2. The van der Waals surface area contributed by atoms with Crippen molar-refractivity contribution >= 4 is 34.3 Å². The SMILES string of the molecule is Cn1c(C(F)(F)F)nc2nc(Nc3ccc(OC(F)(F)F)c(F)c3)c(Nc3ccc(OC(F)(F)F)c(F)c3)nc21. The van der Waals surface area contributed by atoms with E-state index in [2.05, 4.69) is 35.1 Å². The third-order valence-corrected chi connectivity index (χ3v) is 4.80. The lowest BCUT2D eigenvalue weighted by Gasteiger charge is -2.15. The molecule has 0 saturated carbocycles. The number of fused-ring (bicyclic) bond motifs is 1. The van der Waals surface area contributed by atoms with Crippen molar-refractivity contribution in [2.45, 2.75) is 18.9 Å². The molecule has 214 valence electrons. The van der Waals surface area contributed by atoms with Crippen molar-refractivity contribution < 1.29 is 57.8 Å². The summed E-state index contributed by atoms with van der Waals surface area (Å²) in [6.07, 6.45) is -15.3. The summed E-state index contributed by atoms with van der Waals surface area (Å²) in [5.74, 6) is -7.67. The predicted octanol–water partition coefficient (Wildman–Crippen LogP) is 6.94. The molecule has 2 heterocycles. The first kappa shape index (κ1) is 28.4. The number of alkyl halides is 9. The molecule has 0 saturated heterocycles. The summed E-state index contributed by atoms with van der Waals surface area (Å²) in [5.41, 5.74) is -1.57. The summed E-state index contributed by atoms with van der Waals surface area (Å²) in [5, 5.41) is 4.88. The Morgan fingerprint density at radius 1 is 0.675 bits per heavy atom. The van der Waals surface area contributed by atoms with Gasteiger partial charge in [0.15, 0.2) is 46.1 Å². The summed E-state index contributed by atoms with van der Waals surface area (Å²) >= 11 is 0. The molecule has 4 aromatic rings. The summed E-state index contributed by atoms with van der Waals surface area (Å²) in [7, 11) is 0.960. The average Bonchev–Trinajstić information content (AvgIpc) is 3.12. The van der Waals surface area contributed by atoms with Gasteiger partial charge in [0.1, 0.15) is 0 Å². The Balaban J connectivity index is 1.76. The van der Waals surface area contributed by atoms with Gasteiger partial charge in [-0.05, 0) is 24.3 Å². The molecule has 2 aromatic carbocycles. The number of halogens is 11. The first-order valence-corrected chi connectivity index (χ1v) is 10.4. The van der Waals surface area contributed by atoms with Gasteiger partial charge in [-0.25, -0.2) is 23.7 Å². The van der Waals surface area contributed by atoms with Gasteiger partial charge in [0.05, 0.1) is 0 Å². The van der Waals surface area contributed by atoms with Crippen LogP contribution >= 0.6 is 0 Å². The van der Waals surface area contributed by atoms with Crippen LogP contribution in [-0.2, 0) is 13.2 Å². The Morgan fingerprint density at radius 3 is 1.52 bits per heavy atom. The largest absolute Gasteiger partial charge is 0.573 e. The topological polar surface area (TPSA) is 86.1 Å². The van der Waals surface area contributed by atoms with Crippen LogP contribution in [-0.4, -0.2) is 32.2 Å². The van der Waals surface area contributed by atoms with Gasteiger partial charge in [0.25, 0.3) is 0 Å². The molecule has 0 spiro atoms. The van der Waals surface area contributed by atoms with E-state index in [1.165, 1.54) is 0 Å². The van der Waals surface area contributed by atoms with Crippen LogP contribution in [0.1, 0.15) is 5.82 Å². The highest BCUT2D eigenvalue weighted by Crippen LogP contribution is 2.35. The molecular formula is C21H11F11N6O2. The normalized spacial score (nSPS) is 12.5. The standard InChI is InChI=1S/C21H11F11N6O2/c1-38-17-16(37-18(38)19(24,25)26)35-14(33-8-2-4-12(10(22)6-8)39-20(27,28)29)15(36-17)34-9-3-5-13(11(23)7-9)40-21(30,31)32/h2-7H,1H3,(H,33,35)(H,34,36). The van der Waals surface area contributed by atoms with Crippen molar-refractivity contribution in [1.29, 1.82) is 0 Å². The van der Waals surface area contributed by atoms with Gasteiger partial charge >= 0.3 is 18.9 Å². The fraction of sp³-hybridized carbons (Fsp3) is 0.190. The Hall–Kier alpha value is -4.58. The second kappa shape index (κ2) is 9.87. The molecular weight excluding hydrogens is 577 g/mol. The number of rotatable bonds is 6. The minimum absolute atomic E-state index is 0.276. The van der Waals surface area contributed by atoms with E-state index in [1.54, 1.807) is 0 Å². The molecule has 19 heteroatoms. The van der Waals surface area contributed by atoms with Gasteiger partial charge in [0, 0.05) is 30.6 Å². The van der Waals surface area contributed by atoms with E-state index >= 15 is 0 Å². The number of nitrogens with one attached hydrogen (secondary N) is 2. The summed E-state index contributed by atoms with van der Waals surface area (Å²) in [4.78, 5) is 11.2. The fourth-order valence-corrected chi connectivity index (χ4v) is 3.27. The van der Waals surface area contributed by atoms with Crippen molar-refractivity contribution in [3.63, 3.8) is 0 Å². The molecule has 8 nitrogen and oxygen atoms in total. The van der Waals surface area contributed by atoms with Crippen LogP contribution in [0.5, 0.6) is 11.5 Å². The second-order valence-corrected chi connectivity index (χ2v) is 7.70. The Morgan fingerprint density at radius 2 is 1.12 bits per heavy atom. The minimum Gasteiger partial charge on any atom is -0.403 e. The van der Waals surface area contributed by atoms with Gasteiger partial charge in [0.2, 0.25) is 5.82 Å². The Kier molecular flexibility index (Phi) is 7.01. The zero-order chi connectivity index (χ0) is 29.6. The zero-order valence-electron chi connectivity index (χ0n) is 19.2. The maximum absolute atomic E-state index is 14.2. The molecule has 0 fully saturated rings. The molecule has 0 bridgehead atoms. The van der Waals surface area contributed by atoms with Crippen molar-refractivity contribution in [2.75, 3.05) is 10.6 Å². The van der Waals surface area contributed by atoms with Gasteiger partial charge in [-0.3, -0.25) is 0 Å². The molecule has 0 aliphatic rings. The molecule has 0 atom stereocenters. The van der Waals surface area contributed by atoms with Crippen LogP contribution in [0.25, 0.3) is 11.3 Å². The number of hydrogen-bond donors (Lipinski definition) is 2. The minimum atomic E-state index is -5.20. The average molecular weight is 588 g/mol. The molecule has 2 N–H and O–H groups in total. The van der Waals surface area contributed by atoms with Crippen LogP contribution in [0, 0.1) is 11.6 Å². The van der Waals surface area contributed by atoms with Crippen LogP contribution < -0.4 is 20.1 Å². The number of hydrogen-bond acceptors (Lipinski definition) is 7. The van der Waals surface area contributed by atoms with Crippen molar-refractivity contribution in [2.24, 2.45) is 7.05 Å². The van der Waals surface area contributed by atoms with E-state index < -0.39 is 70.8 Å². The Labute approximate surface area is 214 Å². The molecule has 0 radical (unpaired) electrons. The molecule has 0 aliphatic carbocycles. The first-order chi connectivity index (χ1) is 18.4. The molecule has 4 rings (SSSR count). The third-order valence-electron chi connectivity index (χ3n) is 4.80. The highest BCUT2D eigenvalue weighted by Gasteiger charge is 2.38. The van der Waals surface area contributed by atoms with Crippen molar-refractivity contribution in [1.82, 2.24) is 19.5 Å². The van der Waals surface area contributed by atoms with Gasteiger partial charge < -0.3 is 24.7 Å². The monoisotopic (exact) mass is 588 g/mol. The van der Waals surface area contributed by atoms with Gasteiger partial charge in [-0.15, -0.1) is 26.3 Å². The number of aromatic nitrogens is 4. The maximum Gasteiger partial charge on any atom is 0.573 e. The number of aryl methyl sites for hydroxylation is 1. The number of imidazole rings is 1. The Bertz CT molecular complexity index is 1560. The van der Waals surface area contributed by atoms with E-state index in [1.807, 2.05) is 0 Å². The lowest BCUT2D eigenvalue weighted by Crippen LogP contribution is -2.18. The summed E-state index contributed by atoms with van der Waals surface area (Å²) < 4.78 is 151. The first-order valence-electron chi connectivity index (χ1n) is 10.4. The second-order valence-electron chi connectivity index (χ2n) is 7.70. The van der Waals surface area contributed by atoms with E-state index in [-0.39, 0.29) is 11.4 Å². The van der Waals surface area contributed by atoms with E-state index in [0.717, 1.165) is 19.2 Å². The maximum atomic E-state index is 14.2. The smallest absolute Gasteiger partial charge is 0.403 e. The van der Waals surface area contributed by atoms with E-state index in [4.69, 9.17) is 0 Å². The molecule has 0 aliphatic heterocycles. The fourth-order valence-electron chi connectivity index (χ4n) is 3.27. The van der Waals surface area contributed by atoms with Crippen LogP contribution in [0.15, 0.2) is 36.4 Å². The van der Waals surface area contributed by atoms with E-state index in [9.17, 15) is 48.3 Å². The van der Waals surface area contributed by atoms with Gasteiger partial charge in [-0.2, -0.15) is 13.2 Å².